The Hall–Kier alpha value is -2.62. The van der Waals surface area contributed by atoms with Gasteiger partial charge in [0.1, 0.15) is 5.54 Å². The van der Waals surface area contributed by atoms with Crippen LogP contribution in [0.5, 0.6) is 5.75 Å². The molecule has 0 saturated heterocycles. The van der Waals surface area contributed by atoms with Crippen LogP contribution >= 0.6 is 0 Å². The maximum absolute atomic E-state index is 12.7. The molecule has 1 aliphatic carbocycles. The van der Waals surface area contributed by atoms with Gasteiger partial charge in [-0.3, -0.25) is 14.9 Å². The van der Waals surface area contributed by atoms with Gasteiger partial charge in [-0.25, -0.2) is 0 Å². The number of hydrogen-bond acceptors (Lipinski definition) is 5. The van der Waals surface area contributed by atoms with E-state index in [4.69, 9.17) is 4.74 Å². The molecular formula is C18H23N3O4. The molecule has 0 radical (unpaired) electrons. The quantitative estimate of drug-likeness (QED) is 0.602. The van der Waals surface area contributed by atoms with Gasteiger partial charge in [-0.05, 0) is 38.3 Å². The molecule has 0 aromatic heterocycles. The first-order chi connectivity index (χ1) is 11.8. The van der Waals surface area contributed by atoms with Gasteiger partial charge in [0.15, 0.2) is 11.9 Å². The molecular weight excluding hydrogens is 322 g/mol. The van der Waals surface area contributed by atoms with E-state index < -0.39 is 16.6 Å². The number of ether oxygens (including phenoxy) is 1. The Morgan fingerprint density at radius 2 is 2.04 bits per heavy atom. The third kappa shape index (κ3) is 3.90. The molecule has 0 N–H and O–H groups in total. The van der Waals surface area contributed by atoms with E-state index in [1.807, 2.05) is 0 Å². The number of carbonyl (C=O) groups excluding carboxylic acids is 1. The largest absolute Gasteiger partial charge is 0.474 e. The number of amides is 1. The molecule has 1 atom stereocenters. The maximum Gasteiger partial charge on any atom is 0.311 e. The van der Waals surface area contributed by atoms with Gasteiger partial charge in [-0.1, -0.05) is 25.3 Å². The molecule has 1 aromatic carbocycles. The molecule has 2 rings (SSSR count). The lowest BCUT2D eigenvalue weighted by atomic mass is 9.81. The van der Waals surface area contributed by atoms with E-state index in [9.17, 15) is 20.2 Å². The summed E-state index contributed by atoms with van der Waals surface area (Å²) in [5.41, 5.74) is -0.248. The van der Waals surface area contributed by atoms with Crippen LogP contribution in [0.1, 0.15) is 44.6 Å². The second kappa shape index (κ2) is 7.51. The zero-order chi connectivity index (χ0) is 18.6. The van der Waals surface area contributed by atoms with Crippen LogP contribution in [0.25, 0.3) is 0 Å². The number of aryl methyl sites for hydroxylation is 1. The van der Waals surface area contributed by atoms with Crippen LogP contribution in [0.15, 0.2) is 18.2 Å². The van der Waals surface area contributed by atoms with Gasteiger partial charge in [-0.15, -0.1) is 0 Å². The molecule has 7 nitrogen and oxygen atoms in total. The summed E-state index contributed by atoms with van der Waals surface area (Å²) in [6.07, 6.45) is 3.24. The van der Waals surface area contributed by atoms with Gasteiger partial charge in [0.2, 0.25) is 0 Å². The molecule has 7 heteroatoms. The Morgan fingerprint density at radius 1 is 1.40 bits per heavy atom. The number of nitro benzene ring substituents is 1. The summed E-state index contributed by atoms with van der Waals surface area (Å²) in [5, 5.41) is 20.8. The molecule has 134 valence electrons. The molecule has 0 bridgehead atoms. The van der Waals surface area contributed by atoms with Crippen molar-refractivity contribution in [2.75, 3.05) is 7.05 Å². The van der Waals surface area contributed by atoms with Gasteiger partial charge in [0, 0.05) is 13.1 Å². The molecule has 0 spiro atoms. The minimum Gasteiger partial charge on any atom is -0.474 e. The number of likely N-dealkylation sites (N-methyl/N-ethyl adjacent to an activating group) is 1. The monoisotopic (exact) mass is 345 g/mol. The van der Waals surface area contributed by atoms with E-state index in [-0.39, 0.29) is 17.3 Å². The lowest BCUT2D eigenvalue weighted by Crippen LogP contribution is -2.53. The fourth-order valence-electron chi connectivity index (χ4n) is 3.25. The lowest BCUT2D eigenvalue weighted by molar-refractivity contribution is -0.386. The van der Waals surface area contributed by atoms with Gasteiger partial charge < -0.3 is 9.64 Å². The Bertz CT molecular complexity index is 705. The van der Waals surface area contributed by atoms with Crippen LogP contribution < -0.4 is 4.74 Å². The number of benzene rings is 1. The predicted molar refractivity (Wildman–Crippen MR) is 92.1 cm³/mol. The van der Waals surface area contributed by atoms with Crippen LogP contribution in [-0.4, -0.2) is 34.4 Å². The van der Waals surface area contributed by atoms with Crippen molar-refractivity contribution < 1.29 is 14.5 Å². The summed E-state index contributed by atoms with van der Waals surface area (Å²) >= 11 is 0. The first-order valence-corrected chi connectivity index (χ1v) is 8.41. The number of hydrogen-bond donors (Lipinski definition) is 0. The molecule has 0 heterocycles. The highest BCUT2D eigenvalue weighted by Gasteiger charge is 2.40. The Kier molecular flexibility index (Phi) is 5.62. The van der Waals surface area contributed by atoms with E-state index in [2.05, 4.69) is 6.07 Å². The van der Waals surface area contributed by atoms with E-state index in [1.54, 1.807) is 27.0 Å². The topological polar surface area (TPSA) is 96.5 Å². The Morgan fingerprint density at radius 3 is 2.60 bits per heavy atom. The average molecular weight is 345 g/mol. The molecule has 1 amide bonds. The third-order valence-corrected chi connectivity index (χ3v) is 4.82. The summed E-state index contributed by atoms with van der Waals surface area (Å²) in [6, 6.07) is 6.90. The van der Waals surface area contributed by atoms with E-state index in [0.717, 1.165) is 24.8 Å². The highest BCUT2D eigenvalue weighted by Crippen LogP contribution is 2.34. The average Bonchev–Trinajstić information content (AvgIpc) is 2.62. The fraction of sp³-hybridized carbons (Fsp3) is 0.556. The summed E-state index contributed by atoms with van der Waals surface area (Å²) in [7, 11) is 1.61. The first-order valence-electron chi connectivity index (χ1n) is 8.41. The minimum atomic E-state index is -0.918. The maximum atomic E-state index is 12.7. The summed E-state index contributed by atoms with van der Waals surface area (Å²) in [4.78, 5) is 24.9. The second-order valence-electron chi connectivity index (χ2n) is 6.59. The number of nitrogens with zero attached hydrogens (tertiary/aromatic N) is 3. The zero-order valence-electron chi connectivity index (χ0n) is 14.8. The summed E-state index contributed by atoms with van der Waals surface area (Å²) < 4.78 is 5.58. The van der Waals surface area contributed by atoms with Crippen molar-refractivity contribution in [3.8, 4) is 11.8 Å². The van der Waals surface area contributed by atoms with Crippen molar-refractivity contribution in [3.05, 3.63) is 33.9 Å². The van der Waals surface area contributed by atoms with Crippen molar-refractivity contribution in [3.63, 3.8) is 0 Å². The highest BCUT2D eigenvalue weighted by atomic mass is 16.6. The second-order valence-corrected chi connectivity index (χ2v) is 6.59. The third-order valence-electron chi connectivity index (χ3n) is 4.82. The predicted octanol–water partition coefficient (Wildman–Crippen LogP) is 3.36. The van der Waals surface area contributed by atoms with E-state index in [1.165, 1.54) is 17.0 Å². The van der Waals surface area contributed by atoms with Crippen LogP contribution in [0.2, 0.25) is 0 Å². The fourth-order valence-corrected chi connectivity index (χ4v) is 3.25. The van der Waals surface area contributed by atoms with Gasteiger partial charge >= 0.3 is 5.69 Å². The Balaban J connectivity index is 2.18. The Labute approximate surface area is 147 Å². The molecule has 25 heavy (non-hydrogen) atoms. The minimum absolute atomic E-state index is 0.0551. The SMILES string of the molecule is Cc1ccc(O[C@H](C)C(=O)N(C)C2(C#N)CCCCC2)c([N+](=O)[O-])c1. The summed E-state index contributed by atoms with van der Waals surface area (Å²) in [5.74, 6) is -0.294. The number of nitriles is 1. The van der Waals surface area contributed by atoms with Crippen molar-refractivity contribution in [2.45, 2.75) is 57.6 Å². The van der Waals surface area contributed by atoms with Crippen LogP contribution in [0, 0.1) is 28.4 Å². The molecule has 1 fully saturated rings. The highest BCUT2D eigenvalue weighted by molar-refractivity contribution is 5.82. The van der Waals surface area contributed by atoms with Crippen LogP contribution in [0.3, 0.4) is 0 Å². The molecule has 0 unspecified atom stereocenters. The zero-order valence-corrected chi connectivity index (χ0v) is 14.8. The standard InChI is InChI=1S/C18H23N3O4/c1-13-7-8-16(15(11-13)21(23)24)25-14(2)17(22)20(3)18(12-19)9-5-4-6-10-18/h7-8,11,14H,4-6,9-10H2,1-3H3/t14-/m1/s1. The van der Waals surface area contributed by atoms with E-state index in [0.29, 0.717) is 12.8 Å². The van der Waals surface area contributed by atoms with Crippen LogP contribution in [-0.2, 0) is 4.79 Å². The van der Waals surface area contributed by atoms with Gasteiger partial charge in [0.05, 0.1) is 11.0 Å². The van der Waals surface area contributed by atoms with Gasteiger partial charge in [-0.2, -0.15) is 5.26 Å². The molecule has 1 saturated carbocycles. The number of nitro groups is 1. The number of rotatable bonds is 5. The molecule has 1 aromatic rings. The number of carbonyl (C=O) groups is 1. The van der Waals surface area contributed by atoms with Crippen molar-refractivity contribution >= 4 is 11.6 Å². The summed E-state index contributed by atoms with van der Waals surface area (Å²) in [6.45, 7) is 3.30. The normalized spacial score (nSPS) is 17.2. The lowest BCUT2D eigenvalue weighted by Gasteiger charge is -2.39. The first kappa shape index (κ1) is 18.7. The molecule has 0 aliphatic heterocycles. The van der Waals surface area contributed by atoms with Gasteiger partial charge in [0.25, 0.3) is 5.91 Å². The van der Waals surface area contributed by atoms with Crippen molar-refractivity contribution in [1.82, 2.24) is 4.90 Å². The molecule has 1 aliphatic rings. The van der Waals surface area contributed by atoms with Crippen LogP contribution in [0.4, 0.5) is 5.69 Å². The van der Waals surface area contributed by atoms with E-state index >= 15 is 0 Å². The smallest absolute Gasteiger partial charge is 0.311 e. The van der Waals surface area contributed by atoms with Crippen molar-refractivity contribution in [2.24, 2.45) is 0 Å². The van der Waals surface area contributed by atoms with Crippen molar-refractivity contribution in [1.29, 1.82) is 5.26 Å².